The number of amides is 3. The van der Waals surface area contributed by atoms with Gasteiger partial charge in [0.25, 0.3) is 0 Å². The van der Waals surface area contributed by atoms with Crippen molar-refractivity contribution < 1.29 is 28.3 Å². The van der Waals surface area contributed by atoms with Crippen LogP contribution in [0.2, 0.25) is 0 Å². The molecule has 0 bridgehead atoms. The molecule has 28 heavy (non-hydrogen) atoms. The van der Waals surface area contributed by atoms with Crippen LogP contribution in [0.5, 0.6) is 0 Å². The smallest absolute Gasteiger partial charge is 0.414 e. The average molecular weight is 412 g/mol. The van der Waals surface area contributed by atoms with Crippen molar-refractivity contribution in [3.05, 3.63) is 24.0 Å². The molecule has 1 atom stereocenters. The fraction of sp³-hybridized carbons (Fsp3) is 0.471. The Morgan fingerprint density at radius 1 is 1.39 bits per heavy atom. The number of hydrogen-bond acceptors (Lipinski definition) is 6. The number of rotatable bonds is 6. The predicted octanol–water partition coefficient (Wildman–Crippen LogP) is 1.34. The molecule has 0 spiro atoms. The van der Waals surface area contributed by atoms with Crippen LogP contribution in [0.4, 0.5) is 25.4 Å². The van der Waals surface area contributed by atoms with E-state index in [1.807, 2.05) is 4.90 Å². The van der Waals surface area contributed by atoms with Crippen molar-refractivity contribution in [1.29, 1.82) is 0 Å². The zero-order chi connectivity index (χ0) is 20.3. The molecule has 2 aliphatic rings. The molecule has 9 nitrogen and oxygen atoms in total. The number of hydroxylamine groups is 2. The van der Waals surface area contributed by atoms with Crippen molar-refractivity contribution >= 4 is 41.7 Å². The summed E-state index contributed by atoms with van der Waals surface area (Å²) in [6, 6.07) is 4.55. The van der Waals surface area contributed by atoms with Gasteiger partial charge >= 0.3 is 11.3 Å². The Balaban J connectivity index is 1.62. The minimum absolute atomic E-state index is 0.0212. The molecular weight excluding hydrogens is 391 g/mol. The average Bonchev–Trinajstić information content (AvgIpc) is 3.06. The van der Waals surface area contributed by atoms with Gasteiger partial charge in [-0.1, -0.05) is 12.6 Å². The summed E-state index contributed by atoms with van der Waals surface area (Å²) in [6.07, 6.45) is -0.415. The van der Waals surface area contributed by atoms with Gasteiger partial charge < -0.3 is 14.5 Å². The molecule has 1 aromatic carbocycles. The molecule has 1 aromatic rings. The monoisotopic (exact) mass is 412 g/mol. The van der Waals surface area contributed by atoms with Gasteiger partial charge in [0.15, 0.2) is 0 Å². The number of carbonyl (C=O) groups is 3. The summed E-state index contributed by atoms with van der Waals surface area (Å²) in [5, 5.41) is 0.353. The lowest BCUT2D eigenvalue weighted by atomic mass is 10.2. The molecule has 0 aliphatic carbocycles. The summed E-state index contributed by atoms with van der Waals surface area (Å²) >= 11 is 3.62. The molecule has 0 radical (unpaired) electrons. The van der Waals surface area contributed by atoms with Crippen LogP contribution >= 0.6 is 12.6 Å². The van der Waals surface area contributed by atoms with E-state index in [-0.39, 0.29) is 13.2 Å². The van der Waals surface area contributed by atoms with Gasteiger partial charge in [-0.15, -0.1) is 0 Å². The number of hydrogen-bond donors (Lipinski definition) is 1. The van der Waals surface area contributed by atoms with Crippen molar-refractivity contribution in [1.82, 2.24) is 9.96 Å². The number of carbonyl (C=O) groups excluding carboxylic acids is 3. The number of piperazine rings is 1. The van der Waals surface area contributed by atoms with Crippen LogP contribution in [0, 0.1) is 5.82 Å². The second-order valence-electron chi connectivity index (χ2n) is 6.46. The van der Waals surface area contributed by atoms with E-state index in [9.17, 15) is 18.8 Å². The molecule has 11 heteroatoms. The standard InChI is InChI=1S/C17H21FN4O5S/c1-19(17(25)28)26-10-13-9-22(16(24)27-13)12-2-3-15(14(18)8-12)21-6-4-20(11-23)5-7-21/h2-3,8,11,13H,4-7,9-10H2,1H3,(H,25,28)/t13-/m0/s1. The van der Waals surface area contributed by atoms with E-state index in [0.29, 0.717) is 37.6 Å². The Morgan fingerprint density at radius 2 is 2.11 bits per heavy atom. The van der Waals surface area contributed by atoms with Gasteiger partial charge in [0.05, 0.1) is 17.9 Å². The van der Waals surface area contributed by atoms with Gasteiger partial charge in [0.1, 0.15) is 18.5 Å². The number of cyclic esters (lactones) is 1. The van der Waals surface area contributed by atoms with Gasteiger partial charge in [0, 0.05) is 33.2 Å². The van der Waals surface area contributed by atoms with Crippen LogP contribution in [0.15, 0.2) is 18.2 Å². The summed E-state index contributed by atoms with van der Waals surface area (Å²) in [4.78, 5) is 43.9. The maximum absolute atomic E-state index is 14.7. The SMILES string of the molecule is CN(OC[C@@H]1CN(c2ccc(N3CCN(C=O)CC3)c(F)c2)C(=O)O1)C(=O)S. The van der Waals surface area contributed by atoms with Gasteiger partial charge in [-0.25, -0.2) is 14.2 Å². The predicted molar refractivity (Wildman–Crippen MR) is 102 cm³/mol. The number of thiol groups is 1. The molecule has 0 saturated carbocycles. The maximum Gasteiger partial charge on any atom is 0.414 e. The van der Waals surface area contributed by atoms with Crippen LogP contribution in [-0.4, -0.2) is 80.2 Å². The quantitative estimate of drug-likeness (QED) is 0.431. The van der Waals surface area contributed by atoms with Crippen molar-refractivity contribution in [2.45, 2.75) is 6.10 Å². The first kappa shape index (κ1) is 20.2. The molecule has 3 amide bonds. The van der Waals surface area contributed by atoms with Gasteiger partial charge in [-0.05, 0) is 18.2 Å². The zero-order valence-electron chi connectivity index (χ0n) is 15.3. The second-order valence-corrected chi connectivity index (χ2v) is 6.84. The van der Waals surface area contributed by atoms with Crippen LogP contribution in [0.1, 0.15) is 0 Å². The molecule has 2 heterocycles. The molecule has 3 rings (SSSR count). The Labute approximate surface area is 166 Å². The van der Waals surface area contributed by atoms with Crippen LogP contribution in [0.25, 0.3) is 0 Å². The summed E-state index contributed by atoms with van der Waals surface area (Å²) in [5.74, 6) is -0.454. The van der Waals surface area contributed by atoms with E-state index in [1.54, 1.807) is 17.0 Å². The molecule has 2 saturated heterocycles. The Hall–Kier alpha value is -2.53. The number of anilines is 2. The fourth-order valence-corrected chi connectivity index (χ4v) is 3.12. The third-order valence-corrected chi connectivity index (χ3v) is 4.93. The number of halogens is 1. The Morgan fingerprint density at radius 3 is 2.71 bits per heavy atom. The third kappa shape index (κ3) is 4.47. The highest BCUT2D eigenvalue weighted by molar-refractivity contribution is 7.96. The molecule has 152 valence electrons. The fourth-order valence-electron chi connectivity index (χ4n) is 3.06. The summed E-state index contributed by atoms with van der Waals surface area (Å²) in [5.41, 5.74) is 0.801. The van der Waals surface area contributed by atoms with Gasteiger partial charge in [-0.2, -0.15) is 0 Å². The van der Waals surface area contributed by atoms with Crippen molar-refractivity contribution in [2.75, 3.05) is 56.2 Å². The summed E-state index contributed by atoms with van der Waals surface area (Å²) < 4.78 is 19.8. The molecule has 0 N–H and O–H groups in total. The first-order chi connectivity index (χ1) is 13.4. The van der Waals surface area contributed by atoms with E-state index in [4.69, 9.17) is 9.57 Å². The Kier molecular flexibility index (Phi) is 6.25. The minimum atomic E-state index is -0.611. The third-order valence-electron chi connectivity index (χ3n) is 4.64. The number of nitrogens with zero attached hydrogens (tertiary/aromatic N) is 4. The Bertz CT molecular complexity index is 759. The molecule has 2 aliphatic heterocycles. The van der Waals surface area contributed by atoms with Crippen molar-refractivity contribution in [3.8, 4) is 0 Å². The first-order valence-electron chi connectivity index (χ1n) is 8.70. The molecule has 2 fully saturated rings. The lowest BCUT2D eigenvalue weighted by Gasteiger charge is -2.34. The highest BCUT2D eigenvalue weighted by atomic mass is 32.1. The normalized spacial score (nSPS) is 19.6. The maximum atomic E-state index is 14.7. The number of ether oxygens (including phenoxy) is 1. The second kappa shape index (κ2) is 8.65. The van der Waals surface area contributed by atoms with Gasteiger partial charge in [0.2, 0.25) is 6.41 Å². The largest absolute Gasteiger partial charge is 0.441 e. The van der Waals surface area contributed by atoms with Crippen molar-refractivity contribution in [2.24, 2.45) is 0 Å². The lowest BCUT2D eigenvalue weighted by Crippen LogP contribution is -2.46. The highest BCUT2D eigenvalue weighted by Crippen LogP contribution is 2.28. The minimum Gasteiger partial charge on any atom is -0.441 e. The number of benzene rings is 1. The van der Waals surface area contributed by atoms with Crippen LogP contribution < -0.4 is 9.80 Å². The van der Waals surface area contributed by atoms with Crippen LogP contribution in [0.3, 0.4) is 0 Å². The van der Waals surface area contributed by atoms with E-state index in [2.05, 4.69) is 12.6 Å². The summed E-state index contributed by atoms with van der Waals surface area (Å²) in [6.45, 7) is 2.30. The van der Waals surface area contributed by atoms with Gasteiger partial charge in [-0.3, -0.25) is 19.3 Å². The summed E-state index contributed by atoms with van der Waals surface area (Å²) in [7, 11) is 1.40. The molecular formula is C17H21FN4O5S. The van der Waals surface area contributed by atoms with E-state index in [1.165, 1.54) is 18.0 Å². The van der Waals surface area contributed by atoms with Crippen molar-refractivity contribution in [3.63, 3.8) is 0 Å². The highest BCUT2D eigenvalue weighted by Gasteiger charge is 2.33. The van der Waals surface area contributed by atoms with Crippen LogP contribution in [-0.2, 0) is 14.4 Å². The lowest BCUT2D eigenvalue weighted by molar-refractivity contribution is -0.118. The zero-order valence-corrected chi connectivity index (χ0v) is 16.2. The first-order valence-corrected chi connectivity index (χ1v) is 9.15. The van der Waals surface area contributed by atoms with E-state index >= 15 is 0 Å². The van der Waals surface area contributed by atoms with E-state index < -0.39 is 23.3 Å². The topological polar surface area (TPSA) is 82.6 Å². The molecule has 0 aromatic heterocycles. The molecule has 0 unspecified atom stereocenters. The van der Waals surface area contributed by atoms with E-state index in [0.717, 1.165) is 11.5 Å².